The van der Waals surface area contributed by atoms with Crippen molar-refractivity contribution in [1.82, 2.24) is 10.2 Å². The molecule has 0 aromatic heterocycles. The number of fused-ring (bicyclic) bond motifs is 1. The number of amides is 4. The molecule has 2 aliphatic heterocycles. The highest BCUT2D eigenvalue weighted by atomic mass is 35.5. The number of carbonyl (C=O) groups is 4. The number of imide groups is 2. The van der Waals surface area contributed by atoms with Crippen molar-refractivity contribution in [2.45, 2.75) is 30.7 Å². The summed E-state index contributed by atoms with van der Waals surface area (Å²) in [5.41, 5.74) is -0.170. The van der Waals surface area contributed by atoms with Crippen molar-refractivity contribution in [1.29, 1.82) is 0 Å². The second kappa shape index (κ2) is 7.68. The molecule has 2 heterocycles. The second-order valence-electron chi connectivity index (χ2n) is 7.30. The zero-order valence-electron chi connectivity index (χ0n) is 16.4. The fraction of sp³-hybridized carbons (Fsp3) is 0.200. The minimum absolute atomic E-state index is 0.00157. The van der Waals surface area contributed by atoms with Gasteiger partial charge in [-0.2, -0.15) is 0 Å². The summed E-state index contributed by atoms with van der Waals surface area (Å²) in [6, 6.07) is 4.55. The van der Waals surface area contributed by atoms with Gasteiger partial charge in [0.15, 0.2) is 0 Å². The first-order valence-electron chi connectivity index (χ1n) is 9.34. The first-order valence-corrected chi connectivity index (χ1v) is 11.2. The number of rotatable bonds is 4. The zero-order chi connectivity index (χ0) is 23.4. The van der Waals surface area contributed by atoms with E-state index in [2.05, 4.69) is 10.0 Å². The second-order valence-corrected chi connectivity index (χ2v) is 9.33. The van der Waals surface area contributed by atoms with Crippen LogP contribution >= 0.6 is 11.6 Å². The van der Waals surface area contributed by atoms with Crippen molar-refractivity contribution in [3.05, 3.63) is 57.9 Å². The Kier molecular flexibility index (Phi) is 5.25. The molecule has 0 spiro atoms. The number of anilines is 1. The Hall–Kier alpha value is -3.31. The Morgan fingerprint density at radius 1 is 1.09 bits per heavy atom. The highest BCUT2D eigenvalue weighted by molar-refractivity contribution is 7.92. The number of hydrogen-bond acceptors (Lipinski definition) is 6. The monoisotopic (exact) mass is 479 g/mol. The molecule has 9 nitrogen and oxygen atoms in total. The Morgan fingerprint density at radius 3 is 2.47 bits per heavy atom. The lowest BCUT2D eigenvalue weighted by Crippen LogP contribution is -2.54. The van der Waals surface area contributed by atoms with Gasteiger partial charge in [-0.3, -0.25) is 34.1 Å². The van der Waals surface area contributed by atoms with Crippen LogP contribution in [0.5, 0.6) is 0 Å². The third-order valence-electron chi connectivity index (χ3n) is 5.27. The maximum atomic E-state index is 13.6. The molecule has 0 radical (unpaired) electrons. The van der Waals surface area contributed by atoms with E-state index >= 15 is 0 Å². The van der Waals surface area contributed by atoms with Gasteiger partial charge in [-0.05, 0) is 43.7 Å². The van der Waals surface area contributed by atoms with Gasteiger partial charge in [0.25, 0.3) is 21.8 Å². The summed E-state index contributed by atoms with van der Waals surface area (Å²) in [6.07, 6.45) is -0.0231. The van der Waals surface area contributed by atoms with Crippen LogP contribution in [0.3, 0.4) is 0 Å². The number of halogens is 2. The predicted molar refractivity (Wildman–Crippen MR) is 110 cm³/mol. The smallest absolute Gasteiger partial charge is 0.263 e. The van der Waals surface area contributed by atoms with E-state index in [1.165, 1.54) is 25.1 Å². The van der Waals surface area contributed by atoms with Crippen molar-refractivity contribution >= 4 is 50.9 Å². The van der Waals surface area contributed by atoms with Crippen LogP contribution in [0.4, 0.5) is 10.1 Å². The van der Waals surface area contributed by atoms with Crippen LogP contribution in [-0.2, 0) is 19.6 Å². The van der Waals surface area contributed by atoms with Gasteiger partial charge >= 0.3 is 0 Å². The fourth-order valence-electron chi connectivity index (χ4n) is 3.59. The van der Waals surface area contributed by atoms with Gasteiger partial charge in [-0.1, -0.05) is 11.6 Å². The number of nitrogens with one attached hydrogen (secondary N) is 2. The van der Waals surface area contributed by atoms with Gasteiger partial charge in [-0.15, -0.1) is 0 Å². The van der Waals surface area contributed by atoms with Crippen LogP contribution in [0, 0.1) is 12.7 Å². The maximum Gasteiger partial charge on any atom is 0.263 e. The van der Waals surface area contributed by atoms with Crippen molar-refractivity contribution in [2.75, 3.05) is 4.72 Å². The van der Waals surface area contributed by atoms with E-state index in [1.54, 1.807) is 0 Å². The minimum atomic E-state index is -4.24. The van der Waals surface area contributed by atoms with Gasteiger partial charge in [0.1, 0.15) is 16.8 Å². The Balaban J connectivity index is 1.64. The van der Waals surface area contributed by atoms with Gasteiger partial charge in [-0.25, -0.2) is 12.8 Å². The van der Waals surface area contributed by atoms with E-state index in [9.17, 15) is 32.0 Å². The molecule has 4 rings (SSSR count). The van der Waals surface area contributed by atoms with Crippen molar-refractivity contribution in [3.8, 4) is 0 Å². The highest BCUT2D eigenvalue weighted by Crippen LogP contribution is 2.32. The van der Waals surface area contributed by atoms with E-state index in [-0.39, 0.29) is 45.1 Å². The SMILES string of the molecule is Cc1c(F)ccc(S(=O)(=O)Nc2ccc3c(c2)C(=O)N(C2CCC(=O)NC2=O)C3=O)c1Cl. The molecule has 4 amide bonds. The van der Waals surface area contributed by atoms with Crippen LogP contribution in [0.15, 0.2) is 35.2 Å². The summed E-state index contributed by atoms with van der Waals surface area (Å²) in [7, 11) is -4.24. The topological polar surface area (TPSA) is 130 Å². The number of hydrogen-bond donors (Lipinski definition) is 2. The molecular weight excluding hydrogens is 465 g/mol. The molecular formula is C20H15ClFN3O6S. The Bertz CT molecular complexity index is 1330. The molecule has 1 fully saturated rings. The Morgan fingerprint density at radius 2 is 1.78 bits per heavy atom. The summed E-state index contributed by atoms with van der Waals surface area (Å²) < 4.78 is 41.4. The van der Waals surface area contributed by atoms with E-state index in [0.717, 1.165) is 17.0 Å². The fourth-order valence-corrected chi connectivity index (χ4v) is 5.23. The average molecular weight is 480 g/mol. The van der Waals surface area contributed by atoms with Crippen LogP contribution in [-0.4, -0.2) is 43.0 Å². The standard InChI is InChI=1S/C20H15ClFN3O6S/c1-9-13(22)4-6-15(17(9)21)32(30,31)24-10-2-3-11-12(8-10)20(29)25(19(11)28)14-5-7-16(26)23-18(14)27/h2-4,6,8,14,24H,5,7H2,1H3,(H,23,26,27). The minimum Gasteiger partial charge on any atom is -0.295 e. The van der Waals surface area contributed by atoms with Gasteiger partial charge < -0.3 is 0 Å². The summed E-state index contributed by atoms with van der Waals surface area (Å²) >= 11 is 5.99. The number of piperidine rings is 1. The maximum absolute atomic E-state index is 13.6. The summed E-state index contributed by atoms with van der Waals surface area (Å²) in [6.45, 7) is 1.33. The highest BCUT2D eigenvalue weighted by Gasteiger charge is 2.44. The van der Waals surface area contributed by atoms with Gasteiger partial charge in [0.2, 0.25) is 11.8 Å². The van der Waals surface area contributed by atoms with Gasteiger partial charge in [0.05, 0.1) is 16.1 Å². The molecule has 1 atom stereocenters. The average Bonchev–Trinajstić information content (AvgIpc) is 2.96. The van der Waals surface area contributed by atoms with E-state index in [4.69, 9.17) is 11.6 Å². The van der Waals surface area contributed by atoms with Crippen LogP contribution < -0.4 is 10.0 Å². The molecule has 2 aromatic rings. The lowest BCUT2D eigenvalue weighted by molar-refractivity contribution is -0.136. The number of nitrogens with zero attached hydrogens (tertiary/aromatic N) is 1. The number of benzene rings is 2. The molecule has 0 bridgehead atoms. The van der Waals surface area contributed by atoms with Crippen LogP contribution in [0.2, 0.25) is 5.02 Å². The molecule has 1 unspecified atom stereocenters. The lowest BCUT2D eigenvalue weighted by Gasteiger charge is -2.27. The van der Waals surface area contributed by atoms with E-state index in [0.29, 0.717) is 0 Å². The predicted octanol–water partition coefficient (Wildman–Crippen LogP) is 1.99. The molecule has 32 heavy (non-hydrogen) atoms. The zero-order valence-corrected chi connectivity index (χ0v) is 18.0. The molecule has 2 aromatic carbocycles. The van der Waals surface area contributed by atoms with Crippen LogP contribution in [0.1, 0.15) is 39.1 Å². The molecule has 0 aliphatic carbocycles. The number of sulfonamides is 1. The van der Waals surface area contributed by atoms with Crippen molar-refractivity contribution in [2.24, 2.45) is 0 Å². The van der Waals surface area contributed by atoms with Crippen LogP contribution in [0.25, 0.3) is 0 Å². The summed E-state index contributed by atoms with van der Waals surface area (Å²) in [5.74, 6) is -3.40. The third-order valence-corrected chi connectivity index (χ3v) is 7.29. The lowest BCUT2D eigenvalue weighted by atomic mass is 10.0. The normalized spacial score (nSPS) is 18.6. The molecule has 166 valence electrons. The first kappa shape index (κ1) is 21.9. The Labute approximate surface area is 186 Å². The molecule has 12 heteroatoms. The van der Waals surface area contributed by atoms with E-state index in [1.807, 2.05) is 0 Å². The van der Waals surface area contributed by atoms with Crippen molar-refractivity contribution in [3.63, 3.8) is 0 Å². The third kappa shape index (κ3) is 3.53. The summed E-state index contributed by atoms with van der Waals surface area (Å²) in [4.78, 5) is 49.5. The van der Waals surface area contributed by atoms with E-state index < -0.39 is 45.5 Å². The molecule has 1 saturated heterocycles. The number of carbonyl (C=O) groups excluding carboxylic acids is 4. The first-order chi connectivity index (χ1) is 15.0. The molecule has 0 saturated carbocycles. The largest absolute Gasteiger partial charge is 0.295 e. The van der Waals surface area contributed by atoms with Gasteiger partial charge in [0, 0.05) is 17.7 Å². The quantitative estimate of drug-likeness (QED) is 0.645. The molecule has 2 N–H and O–H groups in total. The van der Waals surface area contributed by atoms with Crippen molar-refractivity contribution < 1.29 is 32.0 Å². The molecule has 2 aliphatic rings. The summed E-state index contributed by atoms with van der Waals surface area (Å²) in [5, 5.41) is 1.81.